The Balaban J connectivity index is 0. The third-order valence-corrected chi connectivity index (χ3v) is 13.4. The largest absolute Gasteiger partial charge is 0.511 e. The van der Waals surface area contributed by atoms with Crippen molar-refractivity contribution in [2.75, 3.05) is 125 Å². The van der Waals surface area contributed by atoms with E-state index in [9.17, 15) is 9.90 Å². The highest BCUT2D eigenvalue weighted by Gasteiger charge is 2.14. The van der Waals surface area contributed by atoms with Crippen molar-refractivity contribution in [3.8, 4) is 23.3 Å². The standard InChI is InChI=1S/C12H17N5.C12H15N3O.C10H13N3.C9H12N2O.C8H11BrN2.C8H12N2.C6H8N2.2BrH.H4N2/c1-7-5-10(17(3)4)14-6-9(7)11-8(2)15-16-12(11)13;1-8-5-12(15(3)4)14-7-11(8)10(6-13)9(2)16;1-8-6-10(13(2)3)12-7-9(8)4-5-11;1-7-4-9(11(2)3)10-5-8(7)6-12;1-6-4-8(11(2)3)10-5-7(6)9;1-7-4-5-9-8(6-7)10(2)3;1-5-2-3-8-6(7)4-5;;;1-2/h5-6H,1-4H3,(H3,13,15,16);5,7,16H,1-4H3;6-7H,4H2,1-3H3;4-6H,1-3H3;4-5H,1-3H3;4-6H,1-3H3;2-4H,1H3,(H2,7,8);2*1H;1-2H2/b;10-9+;;;;;;;;. The number of H-pyrrole nitrogens is 1. The van der Waals surface area contributed by atoms with Gasteiger partial charge in [0.15, 0.2) is 12.1 Å². The second-order valence-corrected chi connectivity index (χ2v) is 22.2. The minimum Gasteiger partial charge on any atom is -0.511 e. The molecule has 26 heteroatoms. The summed E-state index contributed by atoms with van der Waals surface area (Å²) < 4.78 is 1.06. The maximum absolute atomic E-state index is 10.5. The van der Waals surface area contributed by atoms with E-state index >= 15 is 0 Å². The number of carbonyl (C=O) groups is 1. The predicted octanol–water partition coefficient (Wildman–Crippen LogP) is 11.4. The molecule has 8 heterocycles. The number of nitrogens with one attached hydrogen (secondary N) is 1. The van der Waals surface area contributed by atoms with Crippen molar-refractivity contribution in [3.63, 3.8) is 0 Å². The lowest BCUT2D eigenvalue weighted by Crippen LogP contribution is -2.11. The number of halogens is 3. The fourth-order valence-corrected chi connectivity index (χ4v) is 7.53. The molecule has 0 spiro atoms. The molecule has 91 heavy (non-hydrogen) atoms. The van der Waals surface area contributed by atoms with E-state index in [-0.39, 0.29) is 45.3 Å². The molecule has 0 amide bonds. The zero-order valence-corrected chi connectivity index (χ0v) is 61.5. The summed E-state index contributed by atoms with van der Waals surface area (Å²) in [5.74, 6) is 14.7. The number of hydrogen-bond donors (Lipinski definition) is 6. The number of aliphatic hydroxyl groups is 1. The lowest BCUT2D eigenvalue weighted by Gasteiger charge is -2.13. The summed E-state index contributed by atoms with van der Waals surface area (Å²) in [6.07, 6.45) is 13.4. The van der Waals surface area contributed by atoms with Crippen LogP contribution in [-0.4, -0.2) is 141 Å². The number of rotatable bonds is 10. The molecule has 0 fully saturated rings. The maximum Gasteiger partial charge on any atom is 0.153 e. The first-order chi connectivity index (χ1) is 41.9. The number of nitrogens with zero attached hydrogens (tertiary/aromatic N) is 16. The number of nitrogen functional groups attached to an aromatic ring is 2. The Kier molecular flexibility index (Phi) is 39.8. The molecule has 0 aliphatic rings. The van der Waals surface area contributed by atoms with Crippen LogP contribution in [-0.2, 0) is 6.42 Å². The van der Waals surface area contributed by atoms with Gasteiger partial charge in [0.05, 0.1) is 18.1 Å². The van der Waals surface area contributed by atoms with E-state index in [1.165, 1.54) is 18.1 Å². The van der Waals surface area contributed by atoms with Gasteiger partial charge >= 0.3 is 0 Å². The molecule has 0 atom stereocenters. The van der Waals surface area contributed by atoms with Crippen LogP contribution in [0.5, 0.6) is 0 Å². The molecule has 8 aromatic heterocycles. The number of aromatic amines is 1. The van der Waals surface area contributed by atoms with E-state index in [0.717, 1.165) is 95.9 Å². The van der Waals surface area contributed by atoms with E-state index in [1.807, 2.05) is 222 Å². The third kappa shape index (κ3) is 29.2. The van der Waals surface area contributed by atoms with Gasteiger partial charge in [-0.2, -0.15) is 15.6 Å². The van der Waals surface area contributed by atoms with Crippen LogP contribution < -0.4 is 52.6 Å². The fourth-order valence-electron chi connectivity index (χ4n) is 7.32. The zero-order valence-electron chi connectivity index (χ0n) is 56.5. The number of aliphatic hydroxyl groups excluding tert-OH is 1. The monoisotopic (exact) mass is 1440 g/mol. The second kappa shape index (κ2) is 43.0. The minimum atomic E-state index is 0. The highest BCUT2D eigenvalue weighted by molar-refractivity contribution is 9.10. The van der Waals surface area contributed by atoms with E-state index in [0.29, 0.717) is 29.2 Å². The molecular formula is C65H94Br3N21O2. The van der Waals surface area contributed by atoms with Gasteiger partial charge in [-0.05, 0) is 177 Å². The molecule has 0 aliphatic heterocycles. The van der Waals surface area contributed by atoms with Gasteiger partial charge in [-0.25, -0.2) is 34.9 Å². The number of aromatic nitrogens is 9. The summed E-state index contributed by atoms with van der Waals surface area (Å²) in [5.41, 5.74) is 24.5. The smallest absolute Gasteiger partial charge is 0.153 e. The molecular weight excluding hydrogens is 1350 g/mol. The zero-order chi connectivity index (χ0) is 67.8. The predicted molar refractivity (Wildman–Crippen MR) is 392 cm³/mol. The number of anilines is 8. The molecule has 0 aromatic carbocycles. The van der Waals surface area contributed by atoms with Crippen molar-refractivity contribution >= 4 is 108 Å². The Morgan fingerprint density at radius 1 is 0.560 bits per heavy atom. The van der Waals surface area contributed by atoms with Gasteiger partial charge in [-0.3, -0.25) is 21.6 Å². The molecule has 0 aliphatic carbocycles. The van der Waals surface area contributed by atoms with Gasteiger partial charge in [0.2, 0.25) is 0 Å². The normalized spacial score (nSPS) is 9.74. The van der Waals surface area contributed by atoms with Gasteiger partial charge in [-0.15, -0.1) is 34.0 Å². The summed E-state index contributed by atoms with van der Waals surface area (Å²) in [7, 11) is 23.4. The van der Waals surface area contributed by atoms with Crippen LogP contribution in [0.2, 0.25) is 0 Å². The van der Waals surface area contributed by atoms with Gasteiger partial charge in [0.1, 0.15) is 52.6 Å². The second-order valence-electron chi connectivity index (χ2n) is 21.3. The number of hydrogen-bond acceptors (Lipinski definition) is 22. The highest BCUT2D eigenvalue weighted by atomic mass is 79.9. The summed E-state index contributed by atoms with van der Waals surface area (Å²) in [6, 6.07) is 21.8. The molecule has 492 valence electrons. The molecule has 0 saturated heterocycles. The minimum absolute atomic E-state index is 0. The number of carbonyl (C=O) groups excluding carboxylic acids is 1. The lowest BCUT2D eigenvalue weighted by atomic mass is 10.0. The quantitative estimate of drug-likeness (QED) is 0.0244. The topological polar surface area (TPSA) is 327 Å². The number of aldehydes is 1. The van der Waals surface area contributed by atoms with Crippen LogP contribution in [0.3, 0.4) is 0 Å². The molecule has 8 rings (SSSR count). The van der Waals surface area contributed by atoms with Crippen molar-refractivity contribution in [1.82, 2.24) is 45.1 Å². The van der Waals surface area contributed by atoms with Gasteiger partial charge < -0.3 is 46.0 Å². The van der Waals surface area contributed by atoms with Crippen molar-refractivity contribution in [2.24, 2.45) is 11.7 Å². The summed E-state index contributed by atoms with van der Waals surface area (Å²) in [5, 5.41) is 33.8. The summed E-state index contributed by atoms with van der Waals surface area (Å²) in [4.78, 5) is 51.3. The number of nitriles is 2. The van der Waals surface area contributed by atoms with Crippen molar-refractivity contribution < 1.29 is 9.90 Å². The number of aryl methyl sites for hydroxylation is 8. The lowest BCUT2D eigenvalue weighted by molar-refractivity contribution is 0.112. The SMILES string of the molecule is Br.Br.C/C(O)=C(/C#N)c1cnc(N(C)C)cc1C.Cc1cc(N(C)C)ncc1-c1c(N)n[nH]c1C.Cc1cc(N(C)C)ncc1Br.Cc1cc(N(C)C)ncc1C=O.Cc1cc(N(C)C)ncc1CC#N.Cc1ccnc(N(C)C)c1.Cc1ccnc(N)c1.NN. The number of nitrogens with two attached hydrogens (primary N) is 4. The summed E-state index contributed by atoms with van der Waals surface area (Å²) >= 11 is 3.40. The van der Waals surface area contributed by atoms with Crippen LogP contribution in [0.15, 0.2) is 108 Å². The maximum atomic E-state index is 10.5. The molecule has 10 N–H and O–H groups in total. The average Bonchev–Trinajstić information content (AvgIpc) is 1.85. The Morgan fingerprint density at radius 2 is 0.978 bits per heavy atom. The molecule has 0 unspecified atom stereocenters. The number of allylic oxidation sites excluding steroid dienone is 2. The first-order valence-electron chi connectivity index (χ1n) is 27.8. The summed E-state index contributed by atoms with van der Waals surface area (Å²) in [6.45, 7) is 17.4. The first-order valence-corrected chi connectivity index (χ1v) is 28.6. The fraction of sp³-hybridized carbons (Fsp3) is 0.338. The Morgan fingerprint density at radius 3 is 1.33 bits per heavy atom. The molecule has 23 nitrogen and oxygen atoms in total. The Labute approximate surface area is 568 Å². The van der Waals surface area contributed by atoms with Crippen LogP contribution in [0, 0.1) is 78.1 Å². The highest BCUT2D eigenvalue weighted by Crippen LogP contribution is 2.31. The van der Waals surface area contributed by atoms with E-state index in [2.05, 4.69) is 106 Å². The Hall–Kier alpha value is -8.79. The van der Waals surface area contributed by atoms with E-state index in [4.69, 9.17) is 22.0 Å². The van der Waals surface area contributed by atoms with Crippen LogP contribution >= 0.6 is 49.9 Å². The molecule has 0 bridgehead atoms. The van der Waals surface area contributed by atoms with E-state index in [1.54, 1.807) is 24.8 Å². The van der Waals surface area contributed by atoms with Crippen molar-refractivity contribution in [2.45, 2.75) is 68.7 Å². The molecule has 0 saturated carbocycles. The van der Waals surface area contributed by atoms with Crippen LogP contribution in [0.4, 0.5) is 46.5 Å². The molecule has 0 radical (unpaired) electrons. The Bertz CT molecular complexity index is 3570. The average molecular weight is 1440 g/mol. The van der Waals surface area contributed by atoms with Gasteiger partial charge in [-0.1, -0.05) is 0 Å². The van der Waals surface area contributed by atoms with Crippen molar-refractivity contribution in [1.29, 1.82) is 10.5 Å². The van der Waals surface area contributed by atoms with E-state index < -0.39 is 0 Å². The number of pyridine rings is 7. The third-order valence-electron chi connectivity index (χ3n) is 12.5. The van der Waals surface area contributed by atoms with Crippen LogP contribution in [0.25, 0.3) is 16.7 Å². The number of hydrazine groups is 1. The molecule has 8 aromatic rings. The van der Waals surface area contributed by atoms with Crippen LogP contribution in [0.1, 0.15) is 73.0 Å². The van der Waals surface area contributed by atoms with Crippen molar-refractivity contribution in [3.05, 3.63) is 170 Å². The van der Waals surface area contributed by atoms with Gasteiger partial charge in [0.25, 0.3) is 0 Å². The van der Waals surface area contributed by atoms with Gasteiger partial charge in [0, 0.05) is 160 Å². The first kappa shape index (κ1) is 84.3.